The Bertz CT molecular complexity index is 950. The van der Waals surface area contributed by atoms with E-state index in [9.17, 15) is 30.4 Å². The standard InChI is InChI=1S/C19H17N3O6/c1-21(9-10-28-14-5-3-2-4-6-14)19(25)15(12-20)18(24)13-7-8-17(23)16(11-13)22(26)27/h2-8,11,23-24H,9-10H2,1H3/b18-15-. The van der Waals surface area contributed by atoms with Crippen LogP contribution in [0.2, 0.25) is 0 Å². The Morgan fingerprint density at radius 2 is 1.96 bits per heavy atom. The van der Waals surface area contributed by atoms with Crippen LogP contribution in [-0.2, 0) is 4.79 Å². The van der Waals surface area contributed by atoms with Gasteiger partial charge >= 0.3 is 5.69 Å². The summed E-state index contributed by atoms with van der Waals surface area (Å²) in [5.74, 6) is -1.46. The van der Waals surface area contributed by atoms with Gasteiger partial charge in [0.05, 0.1) is 11.5 Å². The van der Waals surface area contributed by atoms with Crippen molar-refractivity contribution in [2.75, 3.05) is 20.2 Å². The Kier molecular flexibility index (Phi) is 6.54. The zero-order valence-corrected chi connectivity index (χ0v) is 14.9. The largest absolute Gasteiger partial charge is 0.506 e. The highest BCUT2D eigenvalue weighted by Gasteiger charge is 2.22. The van der Waals surface area contributed by atoms with Gasteiger partial charge in [0.2, 0.25) is 0 Å². The third-order valence-corrected chi connectivity index (χ3v) is 3.79. The van der Waals surface area contributed by atoms with E-state index in [4.69, 9.17) is 4.74 Å². The maximum Gasteiger partial charge on any atom is 0.311 e. The lowest BCUT2D eigenvalue weighted by atomic mass is 10.1. The van der Waals surface area contributed by atoms with Gasteiger partial charge in [-0.25, -0.2) is 0 Å². The van der Waals surface area contributed by atoms with E-state index < -0.39 is 33.6 Å². The lowest BCUT2D eigenvalue weighted by Crippen LogP contribution is -2.32. The minimum atomic E-state index is -0.840. The van der Waals surface area contributed by atoms with Gasteiger partial charge in [0, 0.05) is 18.7 Å². The molecule has 2 aromatic carbocycles. The summed E-state index contributed by atoms with van der Waals surface area (Å²) in [5, 5.41) is 39.9. The van der Waals surface area contributed by atoms with Crippen molar-refractivity contribution in [1.29, 1.82) is 5.26 Å². The molecule has 0 aliphatic carbocycles. The molecule has 0 radical (unpaired) electrons. The SMILES string of the molecule is CN(CCOc1ccccc1)C(=O)/C(C#N)=C(\O)c1ccc(O)c([N+](=O)[O-])c1. The van der Waals surface area contributed by atoms with E-state index in [0.717, 1.165) is 12.1 Å². The number of rotatable bonds is 7. The van der Waals surface area contributed by atoms with Crippen LogP contribution in [0.1, 0.15) is 5.56 Å². The Balaban J connectivity index is 2.15. The second kappa shape index (κ2) is 9.05. The smallest absolute Gasteiger partial charge is 0.311 e. The molecule has 2 N–H and O–H groups in total. The molecule has 0 aromatic heterocycles. The van der Waals surface area contributed by atoms with Crippen LogP contribution in [0.5, 0.6) is 11.5 Å². The first-order chi connectivity index (χ1) is 13.3. The van der Waals surface area contributed by atoms with E-state index in [1.54, 1.807) is 30.3 Å². The topological polar surface area (TPSA) is 137 Å². The molecule has 0 atom stereocenters. The van der Waals surface area contributed by atoms with Crippen molar-refractivity contribution in [3.05, 3.63) is 69.8 Å². The summed E-state index contributed by atoms with van der Waals surface area (Å²) in [4.78, 5) is 23.7. The molecular formula is C19H17N3O6. The van der Waals surface area contributed by atoms with Gasteiger partial charge in [0.25, 0.3) is 5.91 Å². The molecule has 9 nitrogen and oxygen atoms in total. The number of aromatic hydroxyl groups is 1. The number of phenols is 1. The summed E-state index contributed by atoms with van der Waals surface area (Å²) >= 11 is 0. The van der Waals surface area contributed by atoms with E-state index in [1.165, 1.54) is 18.0 Å². The Morgan fingerprint density at radius 1 is 1.29 bits per heavy atom. The number of hydrogen-bond donors (Lipinski definition) is 2. The van der Waals surface area contributed by atoms with Gasteiger partial charge in [-0.2, -0.15) is 5.26 Å². The summed E-state index contributed by atoms with van der Waals surface area (Å²) in [7, 11) is 1.43. The monoisotopic (exact) mass is 383 g/mol. The number of para-hydroxylation sites is 1. The average molecular weight is 383 g/mol. The highest BCUT2D eigenvalue weighted by atomic mass is 16.6. The van der Waals surface area contributed by atoms with Gasteiger partial charge in [0.15, 0.2) is 11.3 Å². The molecule has 0 heterocycles. The normalized spacial score (nSPS) is 11.1. The molecule has 9 heteroatoms. The summed E-state index contributed by atoms with van der Waals surface area (Å²) in [6.07, 6.45) is 0. The van der Waals surface area contributed by atoms with Crippen molar-refractivity contribution in [3.63, 3.8) is 0 Å². The second-order valence-corrected chi connectivity index (χ2v) is 5.68. The fourth-order valence-electron chi connectivity index (χ4n) is 2.27. The van der Waals surface area contributed by atoms with Crippen LogP contribution >= 0.6 is 0 Å². The lowest BCUT2D eigenvalue weighted by molar-refractivity contribution is -0.385. The Morgan fingerprint density at radius 3 is 2.57 bits per heavy atom. The van der Waals surface area contributed by atoms with Crippen LogP contribution in [-0.4, -0.2) is 46.1 Å². The maximum atomic E-state index is 12.5. The van der Waals surface area contributed by atoms with Gasteiger partial charge in [0.1, 0.15) is 24.2 Å². The molecule has 0 aliphatic heterocycles. The third-order valence-electron chi connectivity index (χ3n) is 3.79. The number of likely N-dealkylation sites (N-methyl/N-ethyl adjacent to an activating group) is 1. The van der Waals surface area contributed by atoms with Crippen LogP contribution in [0.25, 0.3) is 5.76 Å². The minimum absolute atomic E-state index is 0.136. The fraction of sp³-hybridized carbons (Fsp3) is 0.158. The number of carbonyl (C=O) groups is 1. The first kappa shape index (κ1) is 20.3. The van der Waals surface area contributed by atoms with Crippen LogP contribution < -0.4 is 4.74 Å². The number of nitro groups is 1. The second-order valence-electron chi connectivity index (χ2n) is 5.68. The van der Waals surface area contributed by atoms with Crippen molar-refractivity contribution in [3.8, 4) is 17.6 Å². The number of benzene rings is 2. The number of hydrogen-bond acceptors (Lipinski definition) is 7. The van der Waals surface area contributed by atoms with Gasteiger partial charge < -0.3 is 19.8 Å². The quantitative estimate of drug-likeness (QED) is 0.246. The minimum Gasteiger partial charge on any atom is -0.506 e. The molecule has 0 unspecified atom stereocenters. The van der Waals surface area contributed by atoms with Crippen LogP contribution in [0.4, 0.5) is 5.69 Å². The van der Waals surface area contributed by atoms with E-state index in [0.29, 0.717) is 5.75 Å². The fourth-order valence-corrected chi connectivity index (χ4v) is 2.27. The molecule has 0 saturated carbocycles. The number of carbonyl (C=O) groups excluding carboxylic acids is 1. The predicted molar refractivity (Wildman–Crippen MR) is 99.5 cm³/mol. The summed E-state index contributed by atoms with van der Waals surface area (Å²) in [6, 6.07) is 13.6. The summed E-state index contributed by atoms with van der Waals surface area (Å²) < 4.78 is 5.48. The molecule has 2 aromatic rings. The molecule has 0 bridgehead atoms. The number of nitriles is 1. The third kappa shape index (κ3) is 4.76. The number of aliphatic hydroxyl groups is 1. The summed E-state index contributed by atoms with van der Waals surface area (Å²) in [6.45, 7) is 0.304. The molecule has 28 heavy (non-hydrogen) atoms. The zero-order valence-electron chi connectivity index (χ0n) is 14.9. The van der Waals surface area contributed by atoms with E-state index in [2.05, 4.69) is 0 Å². The summed E-state index contributed by atoms with van der Waals surface area (Å²) in [5.41, 5.74) is -1.37. The van der Waals surface area contributed by atoms with Crippen molar-refractivity contribution in [1.82, 2.24) is 4.90 Å². The maximum absolute atomic E-state index is 12.5. The van der Waals surface area contributed by atoms with Crippen molar-refractivity contribution in [2.45, 2.75) is 0 Å². The molecule has 0 fully saturated rings. The van der Waals surface area contributed by atoms with Crippen molar-refractivity contribution < 1.29 is 24.7 Å². The number of nitro benzene ring substituents is 1. The van der Waals surface area contributed by atoms with Crippen LogP contribution in [0, 0.1) is 21.4 Å². The molecule has 144 valence electrons. The zero-order chi connectivity index (χ0) is 20.7. The lowest BCUT2D eigenvalue weighted by Gasteiger charge is -2.17. The predicted octanol–water partition coefficient (Wildman–Crippen LogP) is 2.63. The number of nitrogens with zero attached hydrogens (tertiary/aromatic N) is 3. The highest BCUT2D eigenvalue weighted by molar-refractivity contribution is 6.03. The molecule has 1 amide bonds. The number of ether oxygens (including phenoxy) is 1. The van der Waals surface area contributed by atoms with E-state index >= 15 is 0 Å². The molecular weight excluding hydrogens is 366 g/mol. The number of amides is 1. The molecule has 2 rings (SSSR count). The highest BCUT2D eigenvalue weighted by Crippen LogP contribution is 2.29. The average Bonchev–Trinajstić information content (AvgIpc) is 2.69. The number of phenolic OH excluding ortho intramolecular Hbond substituents is 1. The first-order valence-electron chi connectivity index (χ1n) is 8.09. The first-order valence-corrected chi connectivity index (χ1v) is 8.09. The van der Waals surface area contributed by atoms with Crippen molar-refractivity contribution in [2.24, 2.45) is 0 Å². The molecule has 0 aliphatic rings. The Hall–Kier alpha value is -4.06. The molecule has 0 spiro atoms. The van der Waals surface area contributed by atoms with Gasteiger partial charge in [-0.1, -0.05) is 18.2 Å². The Labute approximate surface area is 160 Å². The van der Waals surface area contributed by atoms with E-state index in [-0.39, 0.29) is 18.7 Å². The van der Waals surface area contributed by atoms with Crippen LogP contribution in [0.15, 0.2) is 54.1 Å². The van der Waals surface area contributed by atoms with Crippen molar-refractivity contribution >= 4 is 17.4 Å². The number of aliphatic hydroxyl groups excluding tert-OH is 1. The van der Waals surface area contributed by atoms with Gasteiger partial charge in [-0.3, -0.25) is 14.9 Å². The van der Waals surface area contributed by atoms with E-state index in [1.807, 2.05) is 6.07 Å². The molecule has 0 saturated heterocycles. The van der Waals surface area contributed by atoms with Gasteiger partial charge in [-0.15, -0.1) is 0 Å². The van der Waals surface area contributed by atoms with Crippen LogP contribution in [0.3, 0.4) is 0 Å². The van der Waals surface area contributed by atoms with Gasteiger partial charge in [-0.05, 0) is 24.3 Å².